The number of dihydropyridines is 1. The van der Waals surface area contributed by atoms with Gasteiger partial charge in [-0.1, -0.05) is 33.8 Å². The Hall–Kier alpha value is -2.76. The Balaban J connectivity index is 2.13. The Morgan fingerprint density at radius 1 is 1.12 bits per heavy atom. The van der Waals surface area contributed by atoms with Gasteiger partial charge in [0.05, 0.1) is 25.9 Å². The van der Waals surface area contributed by atoms with Crippen molar-refractivity contribution in [2.75, 3.05) is 20.3 Å². The SMILES string of the molecule is CCCOC(=O)C1=C(C)NC2=C(C(=O)CC(C)(C)C2)[C@@H]1c1ccc(OCCC)c(OC)c1. The van der Waals surface area contributed by atoms with Crippen LogP contribution in [0, 0.1) is 5.41 Å². The number of methoxy groups -OCH3 is 1. The van der Waals surface area contributed by atoms with Crippen LogP contribution in [-0.4, -0.2) is 32.1 Å². The topological polar surface area (TPSA) is 73.9 Å². The predicted molar refractivity (Wildman–Crippen MR) is 124 cm³/mol. The molecule has 1 N–H and O–H groups in total. The van der Waals surface area contributed by atoms with E-state index in [-0.39, 0.29) is 11.2 Å². The number of hydrogen-bond acceptors (Lipinski definition) is 6. The maximum Gasteiger partial charge on any atom is 0.336 e. The molecule has 1 aliphatic heterocycles. The highest BCUT2D eigenvalue weighted by Crippen LogP contribution is 2.47. The second-order valence-electron chi connectivity index (χ2n) is 9.32. The molecule has 0 radical (unpaired) electrons. The van der Waals surface area contributed by atoms with Gasteiger partial charge in [-0.15, -0.1) is 0 Å². The lowest BCUT2D eigenvalue weighted by Crippen LogP contribution is -2.38. The van der Waals surface area contributed by atoms with E-state index in [9.17, 15) is 9.59 Å². The van der Waals surface area contributed by atoms with Crippen LogP contribution in [0.3, 0.4) is 0 Å². The van der Waals surface area contributed by atoms with Crippen LogP contribution in [0.2, 0.25) is 0 Å². The van der Waals surface area contributed by atoms with Crippen LogP contribution >= 0.6 is 0 Å². The van der Waals surface area contributed by atoms with E-state index >= 15 is 0 Å². The fourth-order valence-corrected chi connectivity index (χ4v) is 4.51. The Labute approximate surface area is 191 Å². The van der Waals surface area contributed by atoms with Crippen molar-refractivity contribution in [1.82, 2.24) is 5.32 Å². The second-order valence-corrected chi connectivity index (χ2v) is 9.32. The molecule has 0 bridgehead atoms. The minimum absolute atomic E-state index is 0.0623. The molecule has 32 heavy (non-hydrogen) atoms. The molecule has 2 aliphatic rings. The first-order valence-electron chi connectivity index (χ1n) is 11.4. The molecule has 0 amide bonds. The predicted octanol–water partition coefficient (Wildman–Crippen LogP) is 5.04. The summed E-state index contributed by atoms with van der Waals surface area (Å²) >= 11 is 0. The van der Waals surface area contributed by atoms with Gasteiger partial charge >= 0.3 is 5.97 Å². The van der Waals surface area contributed by atoms with Gasteiger partial charge < -0.3 is 19.5 Å². The van der Waals surface area contributed by atoms with Gasteiger partial charge in [-0.05, 0) is 49.3 Å². The molecule has 3 rings (SSSR count). The van der Waals surface area contributed by atoms with Crippen molar-refractivity contribution in [3.05, 3.63) is 46.3 Å². The van der Waals surface area contributed by atoms with Gasteiger partial charge in [-0.3, -0.25) is 4.79 Å². The van der Waals surface area contributed by atoms with Crippen molar-refractivity contribution in [3.8, 4) is 11.5 Å². The molecule has 174 valence electrons. The third-order valence-electron chi connectivity index (χ3n) is 5.88. The quantitative estimate of drug-likeness (QED) is 0.570. The number of ketones is 1. The van der Waals surface area contributed by atoms with E-state index in [1.807, 2.05) is 39.0 Å². The van der Waals surface area contributed by atoms with Crippen LogP contribution in [0.1, 0.15) is 71.8 Å². The average molecular weight is 442 g/mol. The van der Waals surface area contributed by atoms with Gasteiger partial charge in [0.15, 0.2) is 17.3 Å². The lowest BCUT2D eigenvalue weighted by atomic mass is 9.68. The number of ether oxygens (including phenoxy) is 3. The molecule has 1 aromatic carbocycles. The molecule has 0 unspecified atom stereocenters. The van der Waals surface area contributed by atoms with Gasteiger partial charge in [-0.2, -0.15) is 0 Å². The number of esters is 1. The molecule has 1 aliphatic carbocycles. The number of carbonyl (C=O) groups is 2. The third-order valence-corrected chi connectivity index (χ3v) is 5.88. The Kier molecular flexibility index (Phi) is 7.32. The summed E-state index contributed by atoms with van der Waals surface area (Å²) in [5.74, 6) is 0.393. The summed E-state index contributed by atoms with van der Waals surface area (Å²) in [6, 6.07) is 5.65. The summed E-state index contributed by atoms with van der Waals surface area (Å²) in [7, 11) is 1.59. The van der Waals surface area contributed by atoms with Crippen LogP contribution in [0.15, 0.2) is 40.7 Å². The zero-order valence-corrected chi connectivity index (χ0v) is 20.1. The molecular weight excluding hydrogens is 406 g/mol. The van der Waals surface area contributed by atoms with Crippen molar-refractivity contribution >= 4 is 11.8 Å². The first kappa shape index (κ1) is 23.9. The number of nitrogens with one attached hydrogen (secondary N) is 1. The number of hydrogen-bond donors (Lipinski definition) is 1. The van der Waals surface area contributed by atoms with Gasteiger partial charge in [0, 0.05) is 29.3 Å². The molecule has 1 aromatic rings. The van der Waals surface area contributed by atoms with Crippen LogP contribution in [0.4, 0.5) is 0 Å². The minimum atomic E-state index is -0.506. The van der Waals surface area contributed by atoms with Crippen molar-refractivity contribution in [2.24, 2.45) is 5.41 Å². The average Bonchev–Trinajstić information content (AvgIpc) is 2.74. The molecule has 6 heteroatoms. The Morgan fingerprint density at radius 2 is 1.84 bits per heavy atom. The maximum absolute atomic E-state index is 13.4. The molecule has 0 saturated carbocycles. The molecular formula is C26H35NO5. The third kappa shape index (κ3) is 4.84. The van der Waals surface area contributed by atoms with E-state index in [1.165, 1.54) is 0 Å². The van der Waals surface area contributed by atoms with E-state index in [0.29, 0.717) is 42.3 Å². The number of rotatable bonds is 8. The number of benzene rings is 1. The van der Waals surface area contributed by atoms with Crippen LogP contribution in [-0.2, 0) is 14.3 Å². The van der Waals surface area contributed by atoms with Crippen LogP contribution in [0.5, 0.6) is 11.5 Å². The van der Waals surface area contributed by atoms with E-state index < -0.39 is 11.9 Å². The van der Waals surface area contributed by atoms with E-state index in [4.69, 9.17) is 14.2 Å². The standard InChI is InChI=1S/C26H35NO5/c1-7-11-31-20-10-9-17(13-21(20)30-6)23-22(25(29)32-12-8-2)16(3)27-18-14-26(4,5)15-19(28)24(18)23/h9-10,13,23,27H,7-8,11-12,14-15H2,1-6H3/t23-/m1/s1. The summed E-state index contributed by atoms with van der Waals surface area (Å²) in [5.41, 5.74) is 3.44. The molecule has 0 spiro atoms. The summed E-state index contributed by atoms with van der Waals surface area (Å²) in [4.78, 5) is 26.5. The highest BCUT2D eigenvalue weighted by Gasteiger charge is 2.43. The summed E-state index contributed by atoms with van der Waals surface area (Å²) < 4.78 is 16.9. The highest BCUT2D eigenvalue weighted by atomic mass is 16.5. The largest absolute Gasteiger partial charge is 0.493 e. The maximum atomic E-state index is 13.4. The van der Waals surface area contributed by atoms with E-state index in [1.54, 1.807) is 7.11 Å². The fourth-order valence-electron chi connectivity index (χ4n) is 4.51. The Morgan fingerprint density at radius 3 is 2.50 bits per heavy atom. The van der Waals surface area contributed by atoms with E-state index in [2.05, 4.69) is 19.2 Å². The van der Waals surface area contributed by atoms with Gasteiger partial charge in [0.1, 0.15) is 0 Å². The molecule has 0 fully saturated rings. The van der Waals surface area contributed by atoms with Gasteiger partial charge in [0.2, 0.25) is 0 Å². The van der Waals surface area contributed by atoms with Crippen molar-refractivity contribution in [1.29, 1.82) is 0 Å². The first-order valence-corrected chi connectivity index (χ1v) is 11.4. The summed E-state index contributed by atoms with van der Waals surface area (Å²) in [6.07, 6.45) is 2.80. The Bertz CT molecular complexity index is 957. The second kappa shape index (κ2) is 9.80. The van der Waals surface area contributed by atoms with Crippen molar-refractivity contribution in [3.63, 3.8) is 0 Å². The van der Waals surface area contributed by atoms with Gasteiger partial charge in [0.25, 0.3) is 0 Å². The first-order chi connectivity index (χ1) is 15.2. The summed E-state index contributed by atoms with van der Waals surface area (Å²) in [6.45, 7) is 11.0. The lowest BCUT2D eigenvalue weighted by molar-refractivity contribution is -0.139. The zero-order valence-electron chi connectivity index (χ0n) is 20.1. The molecule has 6 nitrogen and oxygen atoms in total. The number of allylic oxidation sites excluding steroid dienone is 3. The van der Waals surface area contributed by atoms with Crippen LogP contribution < -0.4 is 14.8 Å². The van der Waals surface area contributed by atoms with E-state index in [0.717, 1.165) is 36.2 Å². The molecule has 1 atom stereocenters. The van der Waals surface area contributed by atoms with Crippen molar-refractivity contribution < 1.29 is 23.8 Å². The highest BCUT2D eigenvalue weighted by molar-refractivity contribution is 6.04. The van der Waals surface area contributed by atoms with Gasteiger partial charge in [-0.25, -0.2) is 4.79 Å². The molecule has 0 aromatic heterocycles. The summed E-state index contributed by atoms with van der Waals surface area (Å²) in [5, 5.41) is 3.36. The minimum Gasteiger partial charge on any atom is -0.493 e. The number of carbonyl (C=O) groups excluding carboxylic acids is 2. The van der Waals surface area contributed by atoms with Crippen molar-refractivity contribution in [2.45, 2.75) is 66.2 Å². The fraction of sp³-hybridized carbons (Fsp3) is 0.538. The monoisotopic (exact) mass is 441 g/mol. The molecule has 0 saturated heterocycles. The van der Waals surface area contributed by atoms with Crippen LogP contribution in [0.25, 0.3) is 0 Å². The normalized spacial score (nSPS) is 19.9. The number of Topliss-reactive ketones (excluding diaryl/α,β-unsaturated/α-hetero) is 1. The lowest BCUT2D eigenvalue weighted by Gasteiger charge is -2.39. The smallest absolute Gasteiger partial charge is 0.336 e. The molecule has 1 heterocycles. The zero-order chi connectivity index (χ0) is 23.5.